The Kier molecular flexibility index (Phi) is 8.99. The molecular formula is C22H30Cl2N6O6. The van der Waals surface area contributed by atoms with Crippen LogP contribution in [0.2, 0.25) is 0 Å². The Morgan fingerprint density at radius 1 is 0.806 bits per heavy atom. The first kappa shape index (κ1) is 26.6. The van der Waals surface area contributed by atoms with Crippen LogP contribution in [-0.4, -0.2) is 94.9 Å². The van der Waals surface area contributed by atoms with Crippen LogP contribution >= 0.6 is 23.2 Å². The number of likely N-dealkylation sites (tertiary alicyclic amines) is 2. The van der Waals surface area contributed by atoms with Gasteiger partial charge in [0.15, 0.2) is 10.3 Å². The summed E-state index contributed by atoms with van der Waals surface area (Å²) in [5.74, 6) is -2.70. The SMILES string of the molecule is CN1CCC[C@@H]1CON1C=CC=C(Cl)N1OC(=O)C(=O)ON1C(Cl)=CC=CN1OC[C@H]1CCCN1C. The molecule has 4 rings (SSSR count). The molecule has 0 aliphatic carbocycles. The zero-order valence-corrected chi connectivity index (χ0v) is 21.7. The molecule has 0 radical (unpaired) electrons. The Balaban J connectivity index is 1.32. The number of hydrogen-bond acceptors (Lipinski definition) is 12. The number of halogens is 2. The number of rotatable bonds is 8. The molecule has 0 aromatic rings. The Labute approximate surface area is 219 Å². The predicted octanol–water partition coefficient (Wildman–Crippen LogP) is 2.21. The number of nitrogens with zero attached hydrogens (tertiary/aromatic N) is 6. The van der Waals surface area contributed by atoms with E-state index >= 15 is 0 Å². The molecule has 198 valence electrons. The standard InChI is InChI=1S/C22H30Cl2N6O6/c1-25-11-3-7-17(25)15-33-27-13-5-9-19(23)29(27)35-21(31)22(32)36-30-20(24)10-6-14-28(30)34-16-18-8-4-12-26(18)2/h5-6,9-10,13-14,17-18H,3-4,7-8,11-12,15-16H2,1-2H3/t17-,18-/m1/s1. The average Bonchev–Trinajstić information content (AvgIpc) is 3.46. The van der Waals surface area contributed by atoms with Crippen molar-refractivity contribution in [3.63, 3.8) is 0 Å². The lowest BCUT2D eigenvalue weighted by molar-refractivity contribution is -0.358. The number of hydroxylamine groups is 4. The van der Waals surface area contributed by atoms with Gasteiger partial charge in [-0.3, -0.25) is 0 Å². The quantitative estimate of drug-likeness (QED) is 0.331. The van der Waals surface area contributed by atoms with Crippen molar-refractivity contribution in [1.29, 1.82) is 0 Å². The summed E-state index contributed by atoms with van der Waals surface area (Å²) in [5.41, 5.74) is 0. The minimum atomic E-state index is -1.35. The number of allylic oxidation sites excluding steroid dienone is 4. The molecule has 0 spiro atoms. The largest absolute Gasteiger partial charge is 0.445 e. The van der Waals surface area contributed by atoms with E-state index < -0.39 is 11.9 Å². The van der Waals surface area contributed by atoms with Crippen molar-refractivity contribution in [2.75, 3.05) is 40.4 Å². The third kappa shape index (κ3) is 6.44. The second-order valence-electron chi connectivity index (χ2n) is 8.72. The van der Waals surface area contributed by atoms with Crippen molar-refractivity contribution in [1.82, 2.24) is 30.5 Å². The normalized spacial score (nSPS) is 24.9. The highest BCUT2D eigenvalue weighted by atomic mass is 35.5. The Morgan fingerprint density at radius 3 is 1.58 bits per heavy atom. The topological polar surface area (TPSA) is 90.5 Å². The fourth-order valence-corrected chi connectivity index (χ4v) is 4.49. The van der Waals surface area contributed by atoms with Crippen LogP contribution in [0.25, 0.3) is 0 Å². The van der Waals surface area contributed by atoms with Gasteiger partial charge in [0.1, 0.15) is 0 Å². The number of carbonyl (C=O) groups excluding carboxylic acids is 2. The minimum Gasteiger partial charge on any atom is -0.305 e. The van der Waals surface area contributed by atoms with Crippen LogP contribution < -0.4 is 0 Å². The van der Waals surface area contributed by atoms with Gasteiger partial charge in [-0.15, -0.1) is 10.3 Å². The van der Waals surface area contributed by atoms with Crippen molar-refractivity contribution < 1.29 is 28.9 Å². The highest BCUT2D eigenvalue weighted by Crippen LogP contribution is 2.24. The Hall–Kier alpha value is -2.48. The van der Waals surface area contributed by atoms with Gasteiger partial charge in [0.2, 0.25) is 0 Å². The molecule has 4 heterocycles. The lowest BCUT2D eigenvalue weighted by Gasteiger charge is -2.35. The number of hydrogen-bond donors (Lipinski definition) is 0. The maximum atomic E-state index is 12.6. The zero-order valence-electron chi connectivity index (χ0n) is 20.2. The molecule has 0 unspecified atom stereocenters. The first-order valence-electron chi connectivity index (χ1n) is 11.7. The molecule has 36 heavy (non-hydrogen) atoms. The Bertz CT molecular complexity index is 872. The van der Waals surface area contributed by atoms with Crippen LogP contribution in [0.4, 0.5) is 0 Å². The van der Waals surface area contributed by atoms with Crippen molar-refractivity contribution >= 4 is 35.1 Å². The van der Waals surface area contributed by atoms with Gasteiger partial charge in [-0.05, 0) is 77.2 Å². The molecule has 4 aliphatic rings. The summed E-state index contributed by atoms with van der Waals surface area (Å²) in [7, 11) is 4.03. The molecular weight excluding hydrogens is 515 g/mol. The molecule has 0 aromatic carbocycles. The van der Waals surface area contributed by atoms with Gasteiger partial charge in [0.05, 0.1) is 25.6 Å². The van der Waals surface area contributed by atoms with Gasteiger partial charge in [-0.1, -0.05) is 33.5 Å². The van der Waals surface area contributed by atoms with E-state index in [-0.39, 0.29) is 22.4 Å². The van der Waals surface area contributed by atoms with Gasteiger partial charge >= 0.3 is 11.9 Å². The summed E-state index contributed by atoms with van der Waals surface area (Å²) >= 11 is 12.4. The summed E-state index contributed by atoms with van der Waals surface area (Å²) in [5, 5.41) is 4.01. The van der Waals surface area contributed by atoms with E-state index in [9.17, 15) is 9.59 Å². The summed E-state index contributed by atoms with van der Waals surface area (Å²) in [4.78, 5) is 51.4. The van der Waals surface area contributed by atoms with E-state index in [0.29, 0.717) is 13.2 Å². The lowest BCUT2D eigenvalue weighted by Crippen LogP contribution is -2.46. The van der Waals surface area contributed by atoms with Crippen LogP contribution in [0, 0.1) is 0 Å². The van der Waals surface area contributed by atoms with Crippen molar-refractivity contribution in [2.45, 2.75) is 37.8 Å². The smallest absolute Gasteiger partial charge is 0.305 e. The fourth-order valence-electron chi connectivity index (χ4n) is 4.12. The molecule has 0 aromatic heterocycles. The number of carbonyl (C=O) groups is 2. The van der Waals surface area contributed by atoms with E-state index in [0.717, 1.165) is 59.5 Å². The molecule has 2 atom stereocenters. The first-order chi connectivity index (χ1) is 17.3. The molecule has 2 fully saturated rings. The van der Waals surface area contributed by atoms with Gasteiger partial charge < -0.3 is 19.5 Å². The van der Waals surface area contributed by atoms with Crippen LogP contribution in [0.15, 0.2) is 47.0 Å². The third-order valence-corrected chi connectivity index (χ3v) is 6.81. The molecule has 0 bridgehead atoms. The van der Waals surface area contributed by atoms with Gasteiger partial charge in [-0.2, -0.15) is 0 Å². The number of hydrazine groups is 2. The fraction of sp³-hybridized carbons (Fsp3) is 0.545. The van der Waals surface area contributed by atoms with E-state index in [2.05, 4.69) is 9.80 Å². The number of likely N-dealkylation sites (N-methyl/N-ethyl adjacent to an activating group) is 2. The van der Waals surface area contributed by atoms with Crippen molar-refractivity contribution in [3.8, 4) is 0 Å². The molecule has 4 aliphatic heterocycles. The van der Waals surface area contributed by atoms with Gasteiger partial charge in [-0.25, -0.2) is 19.3 Å². The van der Waals surface area contributed by atoms with Crippen LogP contribution in [0.3, 0.4) is 0 Å². The molecule has 14 heteroatoms. The Morgan fingerprint density at radius 2 is 1.22 bits per heavy atom. The zero-order chi connectivity index (χ0) is 25.7. The second-order valence-corrected chi connectivity index (χ2v) is 9.49. The third-order valence-electron chi connectivity index (χ3n) is 6.27. The van der Waals surface area contributed by atoms with Crippen LogP contribution in [0.1, 0.15) is 25.7 Å². The van der Waals surface area contributed by atoms with E-state index in [1.165, 1.54) is 24.6 Å². The van der Waals surface area contributed by atoms with Crippen LogP contribution in [0.5, 0.6) is 0 Å². The summed E-state index contributed by atoms with van der Waals surface area (Å²) in [6, 6.07) is 0.420. The minimum absolute atomic E-state index is 0.00269. The van der Waals surface area contributed by atoms with Gasteiger partial charge in [0.25, 0.3) is 0 Å². The van der Waals surface area contributed by atoms with E-state index in [1.54, 1.807) is 12.2 Å². The monoisotopic (exact) mass is 544 g/mol. The molecule has 0 saturated carbocycles. The van der Waals surface area contributed by atoms with Gasteiger partial charge in [0, 0.05) is 12.1 Å². The molecule has 2 saturated heterocycles. The first-order valence-corrected chi connectivity index (χ1v) is 12.5. The predicted molar refractivity (Wildman–Crippen MR) is 129 cm³/mol. The summed E-state index contributed by atoms with van der Waals surface area (Å²) in [6.45, 7) is 2.64. The maximum Gasteiger partial charge on any atom is 0.445 e. The summed E-state index contributed by atoms with van der Waals surface area (Å²) in [6.07, 6.45) is 13.3. The molecule has 12 nitrogen and oxygen atoms in total. The molecule has 0 N–H and O–H groups in total. The second kappa shape index (κ2) is 12.2. The molecule has 0 amide bonds. The summed E-state index contributed by atoms with van der Waals surface area (Å²) < 4.78 is 0. The van der Waals surface area contributed by atoms with E-state index in [4.69, 9.17) is 42.6 Å². The van der Waals surface area contributed by atoms with E-state index in [1.807, 2.05) is 14.1 Å². The maximum absolute atomic E-state index is 12.6. The average molecular weight is 545 g/mol. The highest BCUT2D eigenvalue weighted by molar-refractivity contribution is 6.31. The van der Waals surface area contributed by atoms with Crippen molar-refractivity contribution in [3.05, 3.63) is 47.0 Å². The van der Waals surface area contributed by atoms with Crippen molar-refractivity contribution in [2.24, 2.45) is 0 Å². The highest BCUT2D eigenvalue weighted by Gasteiger charge is 2.33. The lowest BCUT2D eigenvalue weighted by atomic mass is 10.2. The van der Waals surface area contributed by atoms with Crippen LogP contribution in [-0.2, 0) is 28.9 Å².